The molecule has 2 aromatic carbocycles. The predicted octanol–water partition coefficient (Wildman–Crippen LogP) is 2.47. The molecule has 1 aliphatic rings. The van der Waals surface area contributed by atoms with Crippen molar-refractivity contribution >= 4 is 29.1 Å². The molecule has 0 saturated heterocycles. The minimum Gasteiger partial charge on any atom is -0.507 e. The SMILES string of the molecule is CCC(=O)C=C(O)c1c(CC(=O)OC)cc2c(c1O)C(=O)c1c(O)cccc1C2=O. The molecule has 3 N–H and O–H groups in total. The number of ether oxygens (including phenoxy) is 1. The molecule has 3 rings (SSSR count). The summed E-state index contributed by atoms with van der Waals surface area (Å²) in [5.74, 6) is -4.51. The minimum atomic E-state index is -0.823. The quantitative estimate of drug-likeness (QED) is 0.331. The zero-order valence-corrected chi connectivity index (χ0v) is 16.2. The maximum atomic E-state index is 13.0. The molecule has 0 fully saturated rings. The summed E-state index contributed by atoms with van der Waals surface area (Å²) in [7, 11) is 1.14. The van der Waals surface area contributed by atoms with Gasteiger partial charge in [0.2, 0.25) is 5.78 Å². The van der Waals surface area contributed by atoms with Gasteiger partial charge in [0.05, 0.1) is 30.2 Å². The van der Waals surface area contributed by atoms with Crippen molar-refractivity contribution < 1.29 is 39.2 Å². The fraction of sp³-hybridized carbons (Fsp3) is 0.182. The average molecular weight is 410 g/mol. The van der Waals surface area contributed by atoms with E-state index in [2.05, 4.69) is 4.74 Å². The molecule has 154 valence electrons. The van der Waals surface area contributed by atoms with E-state index >= 15 is 0 Å². The van der Waals surface area contributed by atoms with Crippen molar-refractivity contribution in [1.82, 2.24) is 0 Å². The van der Waals surface area contributed by atoms with Crippen molar-refractivity contribution in [1.29, 1.82) is 0 Å². The number of hydrogen-bond donors (Lipinski definition) is 3. The van der Waals surface area contributed by atoms with Crippen LogP contribution in [-0.4, -0.2) is 45.7 Å². The Morgan fingerprint density at radius 3 is 2.40 bits per heavy atom. The molecular weight excluding hydrogens is 392 g/mol. The Balaban J connectivity index is 2.33. The molecule has 0 saturated carbocycles. The summed E-state index contributed by atoms with van der Waals surface area (Å²) in [5.41, 5.74) is -1.27. The van der Waals surface area contributed by atoms with Crippen LogP contribution in [0.1, 0.15) is 56.3 Å². The molecule has 1 aliphatic carbocycles. The van der Waals surface area contributed by atoms with E-state index < -0.39 is 52.6 Å². The van der Waals surface area contributed by atoms with Gasteiger partial charge in [0.15, 0.2) is 11.6 Å². The molecule has 0 amide bonds. The Labute approximate surface area is 171 Å². The highest BCUT2D eigenvalue weighted by Crippen LogP contribution is 2.41. The normalized spacial score (nSPS) is 12.9. The number of rotatable bonds is 5. The number of allylic oxidation sites excluding steroid dienone is 1. The van der Waals surface area contributed by atoms with Crippen LogP contribution in [0, 0.1) is 0 Å². The lowest BCUT2D eigenvalue weighted by molar-refractivity contribution is -0.139. The van der Waals surface area contributed by atoms with E-state index in [9.17, 15) is 34.5 Å². The Morgan fingerprint density at radius 2 is 1.77 bits per heavy atom. The van der Waals surface area contributed by atoms with E-state index in [1.54, 1.807) is 6.92 Å². The summed E-state index contributed by atoms with van der Waals surface area (Å²) in [4.78, 5) is 49.5. The third kappa shape index (κ3) is 3.32. The van der Waals surface area contributed by atoms with Crippen LogP contribution >= 0.6 is 0 Å². The second-order valence-electron chi connectivity index (χ2n) is 6.64. The number of hydrogen-bond acceptors (Lipinski definition) is 8. The fourth-order valence-corrected chi connectivity index (χ4v) is 3.35. The van der Waals surface area contributed by atoms with Crippen molar-refractivity contribution in [2.24, 2.45) is 0 Å². The summed E-state index contributed by atoms with van der Waals surface area (Å²) in [6.45, 7) is 1.57. The highest BCUT2D eigenvalue weighted by atomic mass is 16.5. The van der Waals surface area contributed by atoms with Crippen molar-refractivity contribution in [3.05, 3.63) is 63.7 Å². The van der Waals surface area contributed by atoms with Crippen molar-refractivity contribution in [3.63, 3.8) is 0 Å². The van der Waals surface area contributed by atoms with E-state index in [-0.39, 0.29) is 34.2 Å². The Morgan fingerprint density at radius 1 is 1.07 bits per heavy atom. The lowest BCUT2D eigenvalue weighted by Crippen LogP contribution is -2.23. The number of aliphatic hydroxyl groups is 1. The smallest absolute Gasteiger partial charge is 0.310 e. The molecule has 0 unspecified atom stereocenters. The number of phenols is 2. The fourth-order valence-electron chi connectivity index (χ4n) is 3.35. The Kier molecular flexibility index (Phi) is 5.42. The lowest BCUT2D eigenvalue weighted by atomic mass is 9.80. The standard InChI is InChI=1S/C22H18O8/c1-3-11(23)9-15(25)17-10(8-16(26)30-2)7-13-19(21(17)28)22(29)18-12(20(13)27)5-4-6-14(18)24/h4-7,9,24-25,28H,3,8H2,1-2H3. The molecule has 0 aromatic heterocycles. The first kappa shape index (κ1) is 20.8. The van der Waals surface area contributed by atoms with E-state index in [1.165, 1.54) is 24.3 Å². The number of carbonyl (C=O) groups excluding carboxylic acids is 4. The van der Waals surface area contributed by atoms with Crippen LogP contribution in [0.4, 0.5) is 0 Å². The molecule has 0 atom stereocenters. The van der Waals surface area contributed by atoms with Gasteiger partial charge in [-0.1, -0.05) is 19.1 Å². The maximum Gasteiger partial charge on any atom is 0.310 e. The first-order valence-corrected chi connectivity index (χ1v) is 9.02. The summed E-state index contributed by atoms with van der Waals surface area (Å²) in [5, 5.41) is 31.4. The number of phenolic OH excluding ortho intramolecular Hbond substituents is 2. The van der Waals surface area contributed by atoms with Crippen LogP contribution in [0.15, 0.2) is 30.3 Å². The zero-order valence-electron chi connectivity index (χ0n) is 16.2. The molecular formula is C22H18O8. The average Bonchev–Trinajstić information content (AvgIpc) is 2.71. The van der Waals surface area contributed by atoms with Crippen LogP contribution in [0.3, 0.4) is 0 Å². The van der Waals surface area contributed by atoms with E-state index in [0.29, 0.717) is 0 Å². The molecule has 8 nitrogen and oxygen atoms in total. The summed E-state index contributed by atoms with van der Waals surface area (Å²) < 4.78 is 4.62. The number of carbonyl (C=O) groups is 4. The first-order valence-electron chi connectivity index (χ1n) is 9.02. The predicted molar refractivity (Wildman–Crippen MR) is 105 cm³/mol. The van der Waals surface area contributed by atoms with Gasteiger partial charge in [0, 0.05) is 23.6 Å². The largest absolute Gasteiger partial charge is 0.507 e. The van der Waals surface area contributed by atoms with E-state index in [4.69, 9.17) is 0 Å². The molecule has 0 aliphatic heterocycles. The van der Waals surface area contributed by atoms with Gasteiger partial charge in [-0.05, 0) is 17.7 Å². The van der Waals surface area contributed by atoms with E-state index in [0.717, 1.165) is 13.2 Å². The first-order chi connectivity index (χ1) is 14.2. The molecule has 0 bridgehead atoms. The number of ketones is 3. The molecule has 2 aromatic rings. The topological polar surface area (TPSA) is 138 Å². The molecule has 30 heavy (non-hydrogen) atoms. The van der Waals surface area contributed by atoms with Gasteiger partial charge >= 0.3 is 5.97 Å². The Hall–Kier alpha value is -3.94. The summed E-state index contributed by atoms with van der Waals surface area (Å²) >= 11 is 0. The van der Waals surface area contributed by atoms with Gasteiger partial charge in [-0.25, -0.2) is 0 Å². The molecule has 0 radical (unpaired) electrons. The minimum absolute atomic E-state index is 0.000469. The van der Waals surface area contributed by atoms with Crippen molar-refractivity contribution in [2.75, 3.05) is 7.11 Å². The Bertz CT molecular complexity index is 1140. The second-order valence-corrected chi connectivity index (χ2v) is 6.64. The van der Waals surface area contributed by atoms with Crippen molar-refractivity contribution in [2.45, 2.75) is 19.8 Å². The van der Waals surface area contributed by atoms with Gasteiger partial charge in [0.25, 0.3) is 0 Å². The van der Waals surface area contributed by atoms with Crippen LogP contribution in [-0.2, 0) is 20.7 Å². The number of esters is 1. The van der Waals surface area contributed by atoms with E-state index in [1.807, 2.05) is 0 Å². The third-order valence-electron chi connectivity index (χ3n) is 4.83. The van der Waals surface area contributed by atoms with Crippen LogP contribution in [0.5, 0.6) is 11.5 Å². The summed E-state index contributed by atoms with van der Waals surface area (Å²) in [6.07, 6.45) is 0.503. The highest BCUT2D eigenvalue weighted by molar-refractivity contribution is 6.30. The number of fused-ring (bicyclic) bond motifs is 2. The molecule has 8 heteroatoms. The van der Waals surface area contributed by atoms with Gasteiger partial charge in [-0.3, -0.25) is 19.2 Å². The van der Waals surface area contributed by atoms with Crippen LogP contribution in [0.25, 0.3) is 5.76 Å². The monoisotopic (exact) mass is 410 g/mol. The number of aliphatic hydroxyl groups excluding tert-OH is 1. The highest BCUT2D eigenvalue weighted by Gasteiger charge is 2.36. The van der Waals surface area contributed by atoms with Gasteiger partial charge in [-0.2, -0.15) is 0 Å². The van der Waals surface area contributed by atoms with Gasteiger partial charge < -0.3 is 20.1 Å². The number of benzene rings is 2. The van der Waals surface area contributed by atoms with Crippen LogP contribution < -0.4 is 0 Å². The van der Waals surface area contributed by atoms with Crippen LogP contribution in [0.2, 0.25) is 0 Å². The third-order valence-corrected chi connectivity index (χ3v) is 4.83. The number of aromatic hydroxyl groups is 2. The second kappa shape index (κ2) is 7.82. The number of methoxy groups -OCH3 is 1. The maximum absolute atomic E-state index is 13.0. The van der Waals surface area contributed by atoms with Gasteiger partial charge in [0.1, 0.15) is 17.3 Å². The zero-order chi connectivity index (χ0) is 22.2. The molecule has 0 spiro atoms. The summed E-state index contributed by atoms with van der Waals surface area (Å²) in [6, 6.07) is 5.20. The van der Waals surface area contributed by atoms with Crippen molar-refractivity contribution in [3.8, 4) is 11.5 Å². The molecule has 0 heterocycles. The lowest BCUT2D eigenvalue weighted by Gasteiger charge is -2.22. The van der Waals surface area contributed by atoms with Gasteiger partial charge in [-0.15, -0.1) is 0 Å².